The van der Waals surface area contributed by atoms with E-state index in [1.54, 1.807) is 0 Å². The van der Waals surface area contributed by atoms with Crippen LogP contribution in [0.4, 0.5) is 0 Å². The minimum absolute atomic E-state index is 0.00750. The van der Waals surface area contributed by atoms with Crippen LogP contribution in [-0.4, -0.2) is 34.5 Å². The number of hydrogen-bond acceptors (Lipinski definition) is 4. The Morgan fingerprint density at radius 1 is 0.933 bits per heavy atom. The van der Waals surface area contributed by atoms with Crippen LogP contribution in [0.5, 0.6) is 0 Å². The van der Waals surface area contributed by atoms with Crippen LogP contribution in [0.3, 0.4) is 0 Å². The highest BCUT2D eigenvalue weighted by Gasteiger charge is 2.84. The lowest BCUT2D eigenvalue weighted by Crippen LogP contribution is -2.62. The van der Waals surface area contributed by atoms with E-state index in [0.717, 1.165) is 25.7 Å². The monoisotopic (exact) mass is 416 g/mol. The largest absolute Gasteiger partial charge is 0.462 e. The van der Waals surface area contributed by atoms with E-state index in [-0.39, 0.29) is 57.8 Å². The van der Waals surface area contributed by atoms with E-state index in [2.05, 4.69) is 34.6 Å². The van der Waals surface area contributed by atoms with Gasteiger partial charge in [0.1, 0.15) is 6.10 Å². The number of carbonyl (C=O) groups is 1. The SMILES string of the molecule is C[C@@H]1CC(=O)O[C@H]2C[C@@]3(C)[C@@H]4CC[C@H]5C(C)(C)[C@@H](O)CC[C@@]56C[C@@]46C[C@@H](O)[C@]3(C)[C@@H]12. The van der Waals surface area contributed by atoms with Crippen LogP contribution in [-0.2, 0) is 9.53 Å². The third-order valence-corrected chi connectivity index (χ3v) is 12.5. The summed E-state index contributed by atoms with van der Waals surface area (Å²) in [5.74, 6) is 1.65. The standard InChI is InChI=1S/C26H40O4/c1-14-10-20(29)30-15-11-23(4)17-7-6-16-22(2,3)18(27)8-9-25(16)13-26(17,25)12-19(28)24(23,5)21(14)15/h14-19,21,27-28H,6-13H2,1-5H3/t14-,15+,16+,17+,18+,19-,21+,23+,24-,25-,26+/m1/s1. The van der Waals surface area contributed by atoms with Crippen LogP contribution in [0.1, 0.15) is 86.0 Å². The molecular formula is C26H40O4. The second-order valence-corrected chi connectivity index (χ2v) is 13.4. The second kappa shape index (κ2) is 5.47. The fourth-order valence-electron chi connectivity index (χ4n) is 11.2. The molecule has 6 aliphatic rings. The van der Waals surface area contributed by atoms with Crippen LogP contribution in [0, 0.1) is 50.7 Å². The normalized spacial score (nSPS) is 62.9. The highest BCUT2D eigenvalue weighted by molar-refractivity contribution is 5.71. The molecule has 2 spiro atoms. The van der Waals surface area contributed by atoms with Gasteiger partial charge in [0.15, 0.2) is 0 Å². The Morgan fingerprint density at radius 3 is 2.37 bits per heavy atom. The summed E-state index contributed by atoms with van der Waals surface area (Å²) < 4.78 is 5.95. The predicted molar refractivity (Wildman–Crippen MR) is 113 cm³/mol. The van der Waals surface area contributed by atoms with Crippen LogP contribution in [0.2, 0.25) is 0 Å². The van der Waals surface area contributed by atoms with Crippen molar-refractivity contribution in [2.75, 3.05) is 0 Å². The van der Waals surface area contributed by atoms with E-state index >= 15 is 0 Å². The summed E-state index contributed by atoms with van der Waals surface area (Å²) in [6.07, 6.45) is 7.42. The molecule has 4 heteroatoms. The van der Waals surface area contributed by atoms with Crippen molar-refractivity contribution >= 4 is 5.97 Å². The summed E-state index contributed by atoms with van der Waals surface area (Å²) in [6, 6.07) is 0. The molecule has 1 saturated heterocycles. The van der Waals surface area contributed by atoms with Crippen molar-refractivity contribution in [1.29, 1.82) is 0 Å². The predicted octanol–water partition coefficient (Wildman–Crippen LogP) is 4.32. The van der Waals surface area contributed by atoms with Gasteiger partial charge in [-0.1, -0.05) is 34.6 Å². The van der Waals surface area contributed by atoms with Gasteiger partial charge >= 0.3 is 5.97 Å². The Bertz CT molecular complexity index is 807. The van der Waals surface area contributed by atoms with Crippen molar-refractivity contribution in [3.8, 4) is 0 Å². The first-order valence-corrected chi connectivity index (χ1v) is 12.5. The topological polar surface area (TPSA) is 66.8 Å². The highest BCUT2D eigenvalue weighted by Crippen LogP contribution is 2.89. The van der Waals surface area contributed by atoms with Crippen molar-refractivity contribution in [3.63, 3.8) is 0 Å². The number of aliphatic hydroxyl groups is 2. The van der Waals surface area contributed by atoms with Gasteiger partial charge in [0.2, 0.25) is 0 Å². The molecule has 168 valence electrons. The average molecular weight is 417 g/mol. The molecule has 0 radical (unpaired) electrons. The first-order chi connectivity index (χ1) is 13.9. The summed E-state index contributed by atoms with van der Waals surface area (Å²) in [5, 5.41) is 22.6. The zero-order chi connectivity index (χ0) is 21.5. The van der Waals surface area contributed by atoms with E-state index < -0.39 is 0 Å². The number of rotatable bonds is 0. The van der Waals surface area contributed by atoms with Crippen LogP contribution < -0.4 is 0 Å². The molecule has 0 unspecified atom stereocenters. The van der Waals surface area contributed by atoms with E-state index in [1.807, 2.05) is 0 Å². The Labute approximate surface area is 181 Å². The maximum Gasteiger partial charge on any atom is 0.306 e. The molecule has 6 rings (SSSR count). The molecule has 5 saturated carbocycles. The number of carbonyl (C=O) groups excluding carboxylic acids is 1. The smallest absolute Gasteiger partial charge is 0.306 e. The Kier molecular flexibility index (Phi) is 3.65. The summed E-state index contributed by atoms with van der Waals surface area (Å²) in [4.78, 5) is 12.2. The Hall–Kier alpha value is -0.610. The maximum atomic E-state index is 12.2. The highest BCUT2D eigenvalue weighted by atomic mass is 16.5. The summed E-state index contributed by atoms with van der Waals surface area (Å²) in [6.45, 7) is 11.5. The van der Waals surface area contributed by atoms with Gasteiger partial charge in [-0.05, 0) is 84.4 Å². The number of ether oxygens (including phenoxy) is 1. The first kappa shape index (κ1) is 20.0. The minimum Gasteiger partial charge on any atom is -0.462 e. The number of fused-ring (bicyclic) bond motifs is 4. The number of esters is 1. The third kappa shape index (κ3) is 1.89. The molecule has 1 heterocycles. The van der Waals surface area contributed by atoms with Crippen molar-refractivity contribution < 1.29 is 19.7 Å². The van der Waals surface area contributed by atoms with Crippen molar-refractivity contribution in [2.45, 2.75) is 104 Å². The molecule has 5 aliphatic carbocycles. The van der Waals surface area contributed by atoms with E-state index in [9.17, 15) is 15.0 Å². The van der Waals surface area contributed by atoms with Crippen LogP contribution >= 0.6 is 0 Å². The second-order valence-electron chi connectivity index (χ2n) is 13.4. The summed E-state index contributed by atoms with van der Waals surface area (Å²) in [7, 11) is 0. The van der Waals surface area contributed by atoms with Gasteiger partial charge in [0.05, 0.1) is 12.2 Å². The molecule has 0 aromatic carbocycles. The number of hydrogen-bond donors (Lipinski definition) is 2. The van der Waals surface area contributed by atoms with E-state index in [0.29, 0.717) is 23.7 Å². The quantitative estimate of drug-likeness (QED) is 0.577. The lowest BCUT2D eigenvalue weighted by Gasteiger charge is -2.64. The third-order valence-electron chi connectivity index (χ3n) is 12.5. The van der Waals surface area contributed by atoms with Gasteiger partial charge in [-0.2, -0.15) is 0 Å². The zero-order valence-corrected chi connectivity index (χ0v) is 19.4. The van der Waals surface area contributed by atoms with Crippen molar-refractivity contribution in [2.24, 2.45) is 50.7 Å². The Morgan fingerprint density at radius 2 is 1.63 bits per heavy atom. The molecule has 0 aromatic rings. The van der Waals surface area contributed by atoms with Crippen molar-refractivity contribution in [3.05, 3.63) is 0 Å². The van der Waals surface area contributed by atoms with Gasteiger partial charge in [-0.3, -0.25) is 4.79 Å². The molecule has 4 nitrogen and oxygen atoms in total. The summed E-state index contributed by atoms with van der Waals surface area (Å²) in [5.41, 5.74) is 0.316. The summed E-state index contributed by atoms with van der Waals surface area (Å²) >= 11 is 0. The van der Waals surface area contributed by atoms with E-state index in [1.165, 1.54) is 19.3 Å². The molecule has 30 heavy (non-hydrogen) atoms. The Balaban J connectivity index is 1.43. The lowest BCUT2D eigenvalue weighted by atomic mass is 9.41. The molecule has 2 N–H and O–H groups in total. The molecule has 11 atom stereocenters. The maximum absolute atomic E-state index is 12.2. The molecule has 0 bridgehead atoms. The molecule has 0 aromatic heterocycles. The molecule has 1 aliphatic heterocycles. The van der Waals surface area contributed by atoms with Gasteiger partial charge in [0, 0.05) is 17.8 Å². The van der Waals surface area contributed by atoms with Crippen LogP contribution in [0.25, 0.3) is 0 Å². The van der Waals surface area contributed by atoms with Crippen molar-refractivity contribution in [1.82, 2.24) is 0 Å². The van der Waals surface area contributed by atoms with Crippen LogP contribution in [0.15, 0.2) is 0 Å². The fourth-order valence-corrected chi connectivity index (χ4v) is 11.2. The molecular weight excluding hydrogens is 376 g/mol. The van der Waals surface area contributed by atoms with Gasteiger partial charge < -0.3 is 14.9 Å². The van der Waals surface area contributed by atoms with Gasteiger partial charge in [-0.15, -0.1) is 0 Å². The minimum atomic E-state index is -0.332. The average Bonchev–Trinajstić information content (AvgIpc) is 3.22. The number of aliphatic hydroxyl groups excluding tert-OH is 2. The zero-order valence-electron chi connectivity index (χ0n) is 19.4. The first-order valence-electron chi connectivity index (χ1n) is 12.5. The molecule has 6 fully saturated rings. The lowest BCUT2D eigenvalue weighted by molar-refractivity contribution is -0.209. The molecule has 0 amide bonds. The van der Waals surface area contributed by atoms with E-state index in [4.69, 9.17) is 4.74 Å². The van der Waals surface area contributed by atoms with Gasteiger partial charge in [0.25, 0.3) is 0 Å². The fraction of sp³-hybridized carbons (Fsp3) is 0.962. The van der Waals surface area contributed by atoms with Gasteiger partial charge in [-0.25, -0.2) is 0 Å².